The molecular formula is C17H19F3N2O2S. The van der Waals surface area contributed by atoms with Gasteiger partial charge in [-0.15, -0.1) is 0 Å². The van der Waals surface area contributed by atoms with Gasteiger partial charge in [-0.3, -0.25) is 0 Å². The van der Waals surface area contributed by atoms with Gasteiger partial charge in [0.15, 0.2) is 0 Å². The second kappa shape index (κ2) is 7.99. The Morgan fingerprint density at radius 3 is 1.92 bits per heavy atom. The standard InChI is InChI=1S/C17H19F3N2O2S/c1-2-21-11-13-5-9-16(10-6-13)25(23,24)22-12-14-3-7-15(8-4-14)17(18,19)20/h3-10,21-22H,2,11-12H2,1H3. The van der Waals surface area contributed by atoms with E-state index >= 15 is 0 Å². The molecule has 0 heterocycles. The molecule has 0 saturated heterocycles. The van der Waals surface area contributed by atoms with Crippen LogP contribution in [0.2, 0.25) is 0 Å². The van der Waals surface area contributed by atoms with Gasteiger partial charge in [-0.2, -0.15) is 13.2 Å². The van der Waals surface area contributed by atoms with Crippen molar-refractivity contribution in [3.05, 3.63) is 65.2 Å². The second-order valence-electron chi connectivity index (χ2n) is 5.44. The maximum absolute atomic E-state index is 12.5. The first-order valence-electron chi connectivity index (χ1n) is 7.68. The highest BCUT2D eigenvalue weighted by Crippen LogP contribution is 2.29. The van der Waals surface area contributed by atoms with Gasteiger partial charge in [0.25, 0.3) is 0 Å². The number of nitrogens with one attached hydrogen (secondary N) is 2. The van der Waals surface area contributed by atoms with Gasteiger partial charge < -0.3 is 5.32 Å². The summed E-state index contributed by atoms with van der Waals surface area (Å²) in [4.78, 5) is 0.111. The minimum absolute atomic E-state index is 0.0837. The lowest BCUT2D eigenvalue weighted by molar-refractivity contribution is -0.137. The minimum Gasteiger partial charge on any atom is -0.313 e. The van der Waals surface area contributed by atoms with Gasteiger partial charge in [0.05, 0.1) is 10.5 Å². The molecule has 0 amide bonds. The molecule has 2 aromatic rings. The van der Waals surface area contributed by atoms with Gasteiger partial charge in [0.2, 0.25) is 10.0 Å². The van der Waals surface area contributed by atoms with Crippen LogP contribution in [-0.2, 0) is 29.3 Å². The molecule has 0 fully saturated rings. The molecule has 25 heavy (non-hydrogen) atoms. The number of sulfonamides is 1. The predicted octanol–water partition coefficient (Wildman–Crippen LogP) is 3.29. The van der Waals surface area contributed by atoms with Crippen molar-refractivity contribution in [3.63, 3.8) is 0 Å². The monoisotopic (exact) mass is 372 g/mol. The second-order valence-corrected chi connectivity index (χ2v) is 7.21. The molecular weight excluding hydrogens is 353 g/mol. The van der Waals surface area contributed by atoms with E-state index in [-0.39, 0.29) is 11.4 Å². The fraction of sp³-hybridized carbons (Fsp3) is 0.294. The summed E-state index contributed by atoms with van der Waals surface area (Å²) >= 11 is 0. The number of hydrogen-bond acceptors (Lipinski definition) is 3. The maximum atomic E-state index is 12.5. The number of alkyl halides is 3. The lowest BCUT2D eigenvalue weighted by Crippen LogP contribution is -2.23. The summed E-state index contributed by atoms with van der Waals surface area (Å²) in [6, 6.07) is 10.8. The average Bonchev–Trinajstić information content (AvgIpc) is 2.58. The molecule has 0 atom stereocenters. The van der Waals surface area contributed by atoms with Crippen LogP contribution in [0.1, 0.15) is 23.6 Å². The van der Waals surface area contributed by atoms with Crippen LogP contribution in [-0.4, -0.2) is 15.0 Å². The van der Waals surface area contributed by atoms with Crippen molar-refractivity contribution in [1.82, 2.24) is 10.0 Å². The summed E-state index contributed by atoms with van der Waals surface area (Å²) < 4.78 is 64.4. The Balaban J connectivity index is 2.01. The average molecular weight is 372 g/mol. The molecule has 2 N–H and O–H groups in total. The molecule has 0 radical (unpaired) electrons. The molecule has 0 saturated carbocycles. The van der Waals surface area contributed by atoms with Crippen molar-refractivity contribution in [2.75, 3.05) is 6.54 Å². The van der Waals surface area contributed by atoms with Gasteiger partial charge in [0.1, 0.15) is 0 Å². The van der Waals surface area contributed by atoms with Crippen LogP contribution in [0.3, 0.4) is 0 Å². The molecule has 2 aromatic carbocycles. The van der Waals surface area contributed by atoms with E-state index in [4.69, 9.17) is 0 Å². The molecule has 0 aliphatic rings. The van der Waals surface area contributed by atoms with Crippen LogP contribution in [0.4, 0.5) is 13.2 Å². The smallest absolute Gasteiger partial charge is 0.313 e. The molecule has 0 bridgehead atoms. The zero-order valence-corrected chi connectivity index (χ0v) is 14.4. The van der Waals surface area contributed by atoms with Crippen LogP contribution < -0.4 is 10.0 Å². The van der Waals surface area contributed by atoms with Gasteiger partial charge in [-0.25, -0.2) is 13.1 Å². The third-order valence-corrected chi connectivity index (χ3v) is 4.98. The van der Waals surface area contributed by atoms with Crippen LogP contribution in [0.5, 0.6) is 0 Å². The van der Waals surface area contributed by atoms with E-state index in [1.807, 2.05) is 6.92 Å². The van der Waals surface area contributed by atoms with Crippen LogP contribution in [0, 0.1) is 0 Å². The van der Waals surface area contributed by atoms with Crippen LogP contribution in [0.25, 0.3) is 0 Å². The highest BCUT2D eigenvalue weighted by atomic mass is 32.2. The van der Waals surface area contributed by atoms with Gasteiger partial charge in [-0.1, -0.05) is 31.2 Å². The minimum atomic E-state index is -4.41. The topological polar surface area (TPSA) is 58.2 Å². The highest BCUT2D eigenvalue weighted by Gasteiger charge is 2.29. The first kappa shape index (κ1) is 19.4. The Bertz CT molecular complexity index is 786. The Kier molecular flexibility index (Phi) is 6.21. The summed E-state index contributed by atoms with van der Waals surface area (Å²) in [5, 5.41) is 3.14. The lowest BCUT2D eigenvalue weighted by atomic mass is 10.1. The molecule has 0 spiro atoms. The number of hydrogen-bond donors (Lipinski definition) is 2. The largest absolute Gasteiger partial charge is 0.416 e. The molecule has 136 valence electrons. The number of halogens is 3. The number of rotatable bonds is 7. The summed E-state index contributed by atoms with van der Waals surface area (Å²) in [6.45, 7) is 3.36. The zero-order chi connectivity index (χ0) is 18.5. The normalized spacial score (nSPS) is 12.3. The highest BCUT2D eigenvalue weighted by molar-refractivity contribution is 7.89. The molecule has 0 aromatic heterocycles. The van der Waals surface area contributed by atoms with Crippen molar-refractivity contribution in [2.45, 2.75) is 31.1 Å². The van der Waals surface area contributed by atoms with E-state index in [1.54, 1.807) is 12.1 Å². The molecule has 8 heteroatoms. The van der Waals surface area contributed by atoms with Crippen LogP contribution >= 0.6 is 0 Å². The van der Waals surface area contributed by atoms with Crippen molar-refractivity contribution in [1.29, 1.82) is 0 Å². The summed E-state index contributed by atoms with van der Waals surface area (Å²) in [5.41, 5.74) is 0.638. The van der Waals surface area contributed by atoms with E-state index in [1.165, 1.54) is 24.3 Å². The SMILES string of the molecule is CCNCc1ccc(S(=O)(=O)NCc2ccc(C(F)(F)F)cc2)cc1. The Morgan fingerprint density at radius 2 is 1.40 bits per heavy atom. The predicted molar refractivity (Wildman–Crippen MR) is 89.3 cm³/mol. The lowest BCUT2D eigenvalue weighted by Gasteiger charge is -2.10. The Labute approximate surface area is 145 Å². The molecule has 0 aliphatic heterocycles. The van der Waals surface area contributed by atoms with E-state index < -0.39 is 21.8 Å². The maximum Gasteiger partial charge on any atom is 0.416 e. The van der Waals surface area contributed by atoms with E-state index in [2.05, 4.69) is 10.0 Å². The Morgan fingerprint density at radius 1 is 0.880 bits per heavy atom. The fourth-order valence-corrected chi connectivity index (χ4v) is 3.15. The van der Waals surface area contributed by atoms with Crippen molar-refractivity contribution in [2.24, 2.45) is 0 Å². The summed E-state index contributed by atoms with van der Waals surface area (Å²) in [6.07, 6.45) is -4.41. The summed E-state index contributed by atoms with van der Waals surface area (Å²) in [5.74, 6) is 0. The quantitative estimate of drug-likeness (QED) is 0.784. The third-order valence-electron chi connectivity index (χ3n) is 3.56. The van der Waals surface area contributed by atoms with Crippen molar-refractivity contribution < 1.29 is 21.6 Å². The van der Waals surface area contributed by atoms with Gasteiger partial charge in [-0.05, 0) is 41.9 Å². The number of benzene rings is 2. The summed E-state index contributed by atoms with van der Waals surface area (Å²) in [7, 11) is -3.73. The fourth-order valence-electron chi connectivity index (χ4n) is 2.13. The zero-order valence-electron chi connectivity index (χ0n) is 13.6. The van der Waals surface area contributed by atoms with Crippen molar-refractivity contribution in [3.8, 4) is 0 Å². The van der Waals surface area contributed by atoms with E-state index in [0.29, 0.717) is 12.1 Å². The molecule has 4 nitrogen and oxygen atoms in total. The van der Waals surface area contributed by atoms with Gasteiger partial charge >= 0.3 is 6.18 Å². The first-order chi connectivity index (χ1) is 11.7. The Hall–Kier alpha value is -1.90. The third kappa shape index (κ3) is 5.55. The first-order valence-corrected chi connectivity index (χ1v) is 9.16. The van der Waals surface area contributed by atoms with E-state index in [0.717, 1.165) is 24.2 Å². The van der Waals surface area contributed by atoms with Gasteiger partial charge in [0, 0.05) is 13.1 Å². The van der Waals surface area contributed by atoms with E-state index in [9.17, 15) is 21.6 Å². The molecule has 0 unspecified atom stereocenters. The molecule has 2 rings (SSSR count). The van der Waals surface area contributed by atoms with Crippen molar-refractivity contribution >= 4 is 10.0 Å². The van der Waals surface area contributed by atoms with Crippen LogP contribution in [0.15, 0.2) is 53.4 Å². The molecule has 0 aliphatic carbocycles.